The number of hydrogen-bond donors (Lipinski definition) is 2. The number of likely N-dealkylation sites (tertiary alicyclic amines) is 1. The summed E-state index contributed by atoms with van der Waals surface area (Å²) in [5, 5.41) is 9.42. The van der Waals surface area contributed by atoms with Gasteiger partial charge in [-0.2, -0.15) is 4.72 Å². The molecule has 0 aromatic heterocycles. The van der Waals surface area contributed by atoms with Crippen molar-refractivity contribution in [2.75, 3.05) is 19.6 Å². The van der Waals surface area contributed by atoms with Crippen LogP contribution < -0.4 is 4.72 Å². The first kappa shape index (κ1) is 18.4. The Morgan fingerprint density at radius 1 is 1.31 bits per heavy atom. The van der Waals surface area contributed by atoms with E-state index in [0.29, 0.717) is 12.5 Å². The molecule has 0 spiro atoms. The van der Waals surface area contributed by atoms with Crippen molar-refractivity contribution in [3.8, 4) is 12.3 Å². The second-order valence-electron chi connectivity index (χ2n) is 6.71. The Morgan fingerprint density at radius 2 is 2.04 bits per heavy atom. The summed E-state index contributed by atoms with van der Waals surface area (Å²) in [7, 11) is -3.80. The van der Waals surface area contributed by atoms with Gasteiger partial charge in [-0.3, -0.25) is 9.59 Å². The quantitative estimate of drug-likeness (QED) is 0.714. The zero-order valence-corrected chi connectivity index (χ0v) is 14.9. The van der Waals surface area contributed by atoms with Gasteiger partial charge in [0.2, 0.25) is 10.0 Å². The molecule has 2 N–H and O–H groups in total. The number of aliphatic carboxylic acids is 1. The summed E-state index contributed by atoms with van der Waals surface area (Å²) >= 11 is 0. The third kappa shape index (κ3) is 3.74. The van der Waals surface area contributed by atoms with Crippen molar-refractivity contribution in [3.05, 3.63) is 29.8 Å². The van der Waals surface area contributed by atoms with E-state index in [4.69, 9.17) is 6.42 Å². The van der Waals surface area contributed by atoms with E-state index in [9.17, 15) is 23.1 Å². The average molecular weight is 376 g/mol. The van der Waals surface area contributed by atoms with Gasteiger partial charge in [0.15, 0.2) is 0 Å². The SMILES string of the molecule is C#CCNS(=O)(=O)c1cccc(C(=O)N2C[C@H](C(=O)O)[C@@H](C3CC3)C2)c1. The molecule has 0 unspecified atom stereocenters. The number of carbonyl (C=O) groups is 2. The first-order valence-corrected chi connectivity index (χ1v) is 9.87. The van der Waals surface area contributed by atoms with E-state index in [1.54, 1.807) is 0 Å². The van der Waals surface area contributed by atoms with Crippen molar-refractivity contribution in [2.24, 2.45) is 17.8 Å². The van der Waals surface area contributed by atoms with E-state index in [-0.39, 0.29) is 35.4 Å². The fourth-order valence-corrected chi connectivity index (χ4v) is 4.44. The maximum absolute atomic E-state index is 12.8. The Kier molecular flexibility index (Phi) is 5.03. The van der Waals surface area contributed by atoms with E-state index in [0.717, 1.165) is 12.8 Å². The standard InChI is InChI=1S/C18H20N2O5S/c1-2-8-19-26(24,25)14-5-3-4-13(9-14)17(21)20-10-15(12-6-7-12)16(11-20)18(22)23/h1,3-5,9,12,15-16,19H,6-8,10-11H2,(H,22,23)/t15-,16+/m1/s1. The Morgan fingerprint density at radius 3 is 2.65 bits per heavy atom. The first-order chi connectivity index (χ1) is 12.3. The smallest absolute Gasteiger partial charge is 0.308 e. The lowest BCUT2D eigenvalue weighted by molar-refractivity contribution is -0.142. The molecular formula is C18H20N2O5S. The molecule has 8 heteroatoms. The minimum atomic E-state index is -3.80. The zero-order chi connectivity index (χ0) is 18.9. The van der Waals surface area contributed by atoms with Gasteiger partial charge in [-0.1, -0.05) is 12.0 Å². The van der Waals surface area contributed by atoms with E-state index < -0.39 is 21.9 Å². The molecule has 3 rings (SSSR count). The lowest BCUT2D eigenvalue weighted by Gasteiger charge is -2.17. The number of rotatable bonds is 6. The molecule has 1 aliphatic heterocycles. The molecule has 1 heterocycles. The van der Waals surface area contributed by atoms with Gasteiger partial charge in [0.1, 0.15) is 0 Å². The van der Waals surface area contributed by atoms with Crippen LogP contribution in [-0.2, 0) is 14.8 Å². The van der Waals surface area contributed by atoms with Gasteiger partial charge in [0, 0.05) is 18.7 Å². The van der Waals surface area contributed by atoms with Crippen LogP contribution in [0.1, 0.15) is 23.2 Å². The van der Waals surface area contributed by atoms with Gasteiger partial charge in [-0.25, -0.2) is 8.42 Å². The molecule has 1 amide bonds. The number of carbonyl (C=O) groups excluding carboxylic acids is 1. The molecule has 1 aliphatic carbocycles. The largest absolute Gasteiger partial charge is 0.481 e. The maximum Gasteiger partial charge on any atom is 0.308 e. The highest BCUT2D eigenvalue weighted by molar-refractivity contribution is 7.89. The number of terminal acetylenes is 1. The fraction of sp³-hybridized carbons (Fsp3) is 0.444. The van der Waals surface area contributed by atoms with Gasteiger partial charge < -0.3 is 10.0 Å². The summed E-state index contributed by atoms with van der Waals surface area (Å²) in [6, 6.07) is 5.69. The normalized spacial score (nSPS) is 22.8. The van der Waals surface area contributed by atoms with Gasteiger partial charge in [-0.05, 0) is 42.9 Å². The van der Waals surface area contributed by atoms with Crippen LogP contribution in [0, 0.1) is 30.1 Å². The van der Waals surface area contributed by atoms with Crippen LogP contribution in [0.25, 0.3) is 0 Å². The van der Waals surface area contributed by atoms with E-state index in [1.165, 1.54) is 29.2 Å². The average Bonchev–Trinajstić information content (AvgIpc) is 3.37. The molecule has 0 bridgehead atoms. The summed E-state index contributed by atoms with van der Waals surface area (Å²) in [5.74, 6) is 0.738. The van der Waals surface area contributed by atoms with Gasteiger partial charge >= 0.3 is 5.97 Å². The summed E-state index contributed by atoms with van der Waals surface area (Å²) < 4.78 is 26.6. The van der Waals surface area contributed by atoms with Crippen molar-refractivity contribution in [3.63, 3.8) is 0 Å². The summed E-state index contributed by atoms with van der Waals surface area (Å²) in [4.78, 5) is 25.7. The minimum Gasteiger partial charge on any atom is -0.481 e. The molecule has 2 atom stereocenters. The molecular weight excluding hydrogens is 356 g/mol. The Bertz CT molecular complexity index is 870. The lowest BCUT2D eigenvalue weighted by atomic mass is 9.92. The summed E-state index contributed by atoms with van der Waals surface area (Å²) in [6.07, 6.45) is 7.08. The van der Waals surface area contributed by atoms with E-state index >= 15 is 0 Å². The van der Waals surface area contributed by atoms with Crippen molar-refractivity contribution < 1.29 is 23.1 Å². The Balaban J connectivity index is 1.79. The third-order valence-corrected chi connectivity index (χ3v) is 6.35. The van der Waals surface area contributed by atoms with E-state index in [2.05, 4.69) is 10.6 Å². The Hall–Kier alpha value is -2.37. The zero-order valence-electron chi connectivity index (χ0n) is 14.1. The fourth-order valence-electron chi connectivity index (χ4n) is 3.46. The molecule has 2 fully saturated rings. The van der Waals surface area contributed by atoms with Crippen LogP contribution >= 0.6 is 0 Å². The molecule has 7 nitrogen and oxygen atoms in total. The monoisotopic (exact) mass is 376 g/mol. The molecule has 2 aliphatic rings. The van der Waals surface area contributed by atoms with Crippen LogP contribution in [0.4, 0.5) is 0 Å². The Labute approximate surface area is 152 Å². The molecule has 1 aromatic carbocycles. The molecule has 1 saturated heterocycles. The predicted molar refractivity (Wildman–Crippen MR) is 93.7 cm³/mol. The second kappa shape index (κ2) is 7.09. The number of nitrogens with zero attached hydrogens (tertiary/aromatic N) is 1. The van der Waals surface area contributed by atoms with Crippen LogP contribution in [0.3, 0.4) is 0 Å². The van der Waals surface area contributed by atoms with Gasteiger partial charge in [0.05, 0.1) is 17.4 Å². The van der Waals surface area contributed by atoms with E-state index in [1.807, 2.05) is 0 Å². The van der Waals surface area contributed by atoms with Crippen LogP contribution in [0.2, 0.25) is 0 Å². The number of carboxylic acid groups (broad SMARTS) is 1. The highest BCUT2D eigenvalue weighted by Gasteiger charge is 2.46. The van der Waals surface area contributed by atoms with Crippen molar-refractivity contribution in [1.29, 1.82) is 0 Å². The minimum absolute atomic E-state index is 0.0272. The molecule has 138 valence electrons. The van der Waals surface area contributed by atoms with Gasteiger partial charge in [-0.15, -0.1) is 6.42 Å². The summed E-state index contributed by atoms with van der Waals surface area (Å²) in [5.41, 5.74) is 0.217. The lowest BCUT2D eigenvalue weighted by Crippen LogP contribution is -2.30. The molecule has 26 heavy (non-hydrogen) atoms. The maximum atomic E-state index is 12.8. The van der Waals surface area contributed by atoms with Crippen molar-refractivity contribution in [2.45, 2.75) is 17.7 Å². The highest BCUT2D eigenvalue weighted by Crippen LogP contribution is 2.44. The van der Waals surface area contributed by atoms with Crippen LogP contribution in [-0.4, -0.2) is 49.9 Å². The number of nitrogens with one attached hydrogen (secondary N) is 1. The molecule has 0 radical (unpaired) electrons. The van der Waals surface area contributed by atoms with Gasteiger partial charge in [0.25, 0.3) is 5.91 Å². The first-order valence-electron chi connectivity index (χ1n) is 8.38. The topological polar surface area (TPSA) is 104 Å². The van der Waals surface area contributed by atoms with Crippen molar-refractivity contribution in [1.82, 2.24) is 9.62 Å². The van der Waals surface area contributed by atoms with Crippen LogP contribution in [0.5, 0.6) is 0 Å². The third-order valence-electron chi connectivity index (χ3n) is 4.95. The number of hydrogen-bond acceptors (Lipinski definition) is 4. The number of benzene rings is 1. The molecule has 1 aromatic rings. The summed E-state index contributed by atoms with van der Waals surface area (Å²) in [6.45, 7) is 0.407. The predicted octanol–water partition coefficient (Wildman–Crippen LogP) is 0.781. The molecule has 1 saturated carbocycles. The number of sulfonamides is 1. The number of carboxylic acids is 1. The number of amides is 1. The van der Waals surface area contributed by atoms with Crippen molar-refractivity contribution >= 4 is 21.9 Å². The highest BCUT2D eigenvalue weighted by atomic mass is 32.2. The second-order valence-corrected chi connectivity index (χ2v) is 8.48. The van der Waals surface area contributed by atoms with Crippen LogP contribution in [0.15, 0.2) is 29.2 Å².